The van der Waals surface area contributed by atoms with E-state index in [1.165, 1.54) is 0 Å². The molecule has 0 amide bonds. The lowest BCUT2D eigenvalue weighted by molar-refractivity contribution is -0.126. The highest BCUT2D eigenvalue weighted by atomic mass is 16.5. The molecule has 3 rings (SSSR count). The monoisotopic (exact) mass is 223 g/mol. The second kappa shape index (κ2) is 3.87. The number of benzene rings is 1. The molecule has 0 bridgehead atoms. The number of rotatable bonds is 1. The first-order chi connectivity index (χ1) is 8.34. The van der Waals surface area contributed by atoms with Crippen LogP contribution in [0, 0.1) is 0 Å². The van der Waals surface area contributed by atoms with Crippen LogP contribution in [0.15, 0.2) is 48.7 Å². The van der Waals surface area contributed by atoms with Gasteiger partial charge in [0.2, 0.25) is 0 Å². The van der Waals surface area contributed by atoms with Crippen molar-refractivity contribution in [3.05, 3.63) is 59.9 Å². The molecular weight excluding hydrogens is 214 g/mol. The zero-order valence-corrected chi connectivity index (χ0v) is 8.96. The summed E-state index contributed by atoms with van der Waals surface area (Å²) in [5.41, 5.74) is 2.12. The highest BCUT2D eigenvalue weighted by Crippen LogP contribution is 2.34. The van der Waals surface area contributed by atoms with Crippen molar-refractivity contribution in [1.29, 1.82) is 0 Å². The summed E-state index contributed by atoms with van der Waals surface area (Å²) >= 11 is 0. The van der Waals surface area contributed by atoms with Gasteiger partial charge < -0.3 is 4.74 Å². The van der Waals surface area contributed by atoms with Crippen molar-refractivity contribution in [2.24, 2.45) is 0 Å². The molecule has 0 aliphatic carbocycles. The van der Waals surface area contributed by atoms with Crippen LogP contribution < -0.4 is 4.74 Å². The van der Waals surface area contributed by atoms with E-state index in [0.717, 1.165) is 11.3 Å². The lowest BCUT2D eigenvalue weighted by atomic mass is 10.1. The van der Waals surface area contributed by atoms with Crippen LogP contribution in [0.25, 0.3) is 11.6 Å². The standard InChI is InChI=1S/C14H9NO2/c16-14-12(9-10-5-3-4-8-15-10)11-6-1-2-7-13(11)17-14/h1-9H/b12-9-. The summed E-state index contributed by atoms with van der Waals surface area (Å²) in [5, 5.41) is 0. The maximum atomic E-state index is 11.7. The van der Waals surface area contributed by atoms with Crippen LogP contribution in [-0.4, -0.2) is 11.0 Å². The molecule has 0 spiro atoms. The normalized spacial score (nSPS) is 15.8. The van der Waals surface area contributed by atoms with Gasteiger partial charge in [-0.2, -0.15) is 0 Å². The lowest BCUT2D eigenvalue weighted by Crippen LogP contribution is -2.00. The Labute approximate surface area is 98.4 Å². The van der Waals surface area contributed by atoms with Crippen LogP contribution in [0.4, 0.5) is 0 Å². The minimum Gasteiger partial charge on any atom is -0.422 e. The zero-order valence-electron chi connectivity index (χ0n) is 8.96. The molecule has 1 aromatic carbocycles. The minimum absolute atomic E-state index is 0.322. The molecule has 0 atom stereocenters. The smallest absolute Gasteiger partial charge is 0.344 e. The van der Waals surface area contributed by atoms with Gasteiger partial charge in [-0.3, -0.25) is 4.98 Å². The zero-order chi connectivity index (χ0) is 11.7. The number of carbonyl (C=O) groups excluding carboxylic acids is 1. The Bertz CT molecular complexity index is 603. The van der Waals surface area contributed by atoms with Crippen LogP contribution in [0.5, 0.6) is 5.75 Å². The van der Waals surface area contributed by atoms with Crippen molar-refractivity contribution in [1.82, 2.24) is 4.98 Å². The first-order valence-electron chi connectivity index (χ1n) is 5.29. The van der Waals surface area contributed by atoms with Crippen molar-refractivity contribution in [2.75, 3.05) is 0 Å². The summed E-state index contributed by atoms with van der Waals surface area (Å²) in [6.07, 6.45) is 3.44. The van der Waals surface area contributed by atoms with E-state index in [4.69, 9.17) is 4.74 Å². The van der Waals surface area contributed by atoms with E-state index in [9.17, 15) is 4.79 Å². The number of hydrogen-bond acceptors (Lipinski definition) is 3. The van der Waals surface area contributed by atoms with Crippen LogP contribution in [-0.2, 0) is 4.79 Å². The Balaban J connectivity index is 2.10. The Morgan fingerprint density at radius 3 is 2.71 bits per heavy atom. The summed E-state index contributed by atoms with van der Waals surface area (Å²) in [7, 11) is 0. The Hall–Kier alpha value is -2.42. The number of aromatic nitrogens is 1. The molecule has 2 aromatic rings. The summed E-state index contributed by atoms with van der Waals surface area (Å²) < 4.78 is 5.16. The highest BCUT2D eigenvalue weighted by molar-refractivity contribution is 6.25. The van der Waals surface area contributed by atoms with Gasteiger partial charge in [-0.1, -0.05) is 24.3 Å². The van der Waals surface area contributed by atoms with Crippen molar-refractivity contribution in [3.8, 4) is 5.75 Å². The summed E-state index contributed by atoms with van der Waals surface area (Å²) in [6, 6.07) is 12.9. The summed E-state index contributed by atoms with van der Waals surface area (Å²) in [5.74, 6) is 0.288. The van der Waals surface area contributed by atoms with Gasteiger partial charge in [0.1, 0.15) is 5.75 Å². The van der Waals surface area contributed by atoms with Crippen LogP contribution in [0.3, 0.4) is 0 Å². The molecule has 1 aromatic heterocycles. The lowest BCUT2D eigenvalue weighted by Gasteiger charge is -1.95. The van der Waals surface area contributed by atoms with Crippen LogP contribution in [0.2, 0.25) is 0 Å². The van der Waals surface area contributed by atoms with Gasteiger partial charge in [0.15, 0.2) is 0 Å². The first kappa shape index (κ1) is 9.78. The van der Waals surface area contributed by atoms with Crippen LogP contribution >= 0.6 is 0 Å². The van der Waals surface area contributed by atoms with E-state index < -0.39 is 0 Å². The van der Waals surface area contributed by atoms with Gasteiger partial charge in [0.25, 0.3) is 0 Å². The van der Waals surface area contributed by atoms with E-state index in [2.05, 4.69) is 4.98 Å². The second-order valence-corrected chi connectivity index (χ2v) is 3.70. The predicted molar refractivity (Wildman–Crippen MR) is 64.2 cm³/mol. The third kappa shape index (κ3) is 1.72. The van der Waals surface area contributed by atoms with E-state index >= 15 is 0 Å². The number of ether oxygens (including phenoxy) is 1. The molecule has 0 fully saturated rings. The largest absolute Gasteiger partial charge is 0.422 e. The fraction of sp³-hybridized carbons (Fsp3) is 0. The average Bonchev–Trinajstić information content (AvgIpc) is 2.68. The number of fused-ring (bicyclic) bond motifs is 1. The molecule has 0 N–H and O–H groups in total. The second-order valence-electron chi connectivity index (χ2n) is 3.70. The topological polar surface area (TPSA) is 39.2 Å². The molecule has 82 valence electrons. The number of nitrogens with zero attached hydrogens (tertiary/aromatic N) is 1. The predicted octanol–water partition coefficient (Wildman–Crippen LogP) is 2.54. The third-order valence-electron chi connectivity index (χ3n) is 2.58. The van der Waals surface area contributed by atoms with Gasteiger partial charge in [-0.05, 0) is 24.3 Å². The molecule has 3 heteroatoms. The minimum atomic E-state index is -0.322. The maximum absolute atomic E-state index is 11.7. The van der Waals surface area contributed by atoms with Gasteiger partial charge in [0.05, 0.1) is 11.3 Å². The summed E-state index contributed by atoms with van der Waals surface area (Å²) in [6.45, 7) is 0. The quantitative estimate of drug-likeness (QED) is 0.423. The number of hydrogen-bond donors (Lipinski definition) is 0. The SMILES string of the molecule is O=C1Oc2ccccc2/C1=C/c1ccccn1. The fourth-order valence-electron chi connectivity index (χ4n) is 1.79. The van der Waals surface area contributed by atoms with Crippen molar-refractivity contribution in [2.45, 2.75) is 0 Å². The highest BCUT2D eigenvalue weighted by Gasteiger charge is 2.26. The molecule has 3 nitrogen and oxygen atoms in total. The Morgan fingerprint density at radius 1 is 1.06 bits per heavy atom. The third-order valence-corrected chi connectivity index (χ3v) is 2.58. The molecule has 1 aliphatic rings. The molecule has 0 radical (unpaired) electrons. The summed E-state index contributed by atoms with van der Waals surface area (Å²) in [4.78, 5) is 15.9. The van der Waals surface area contributed by atoms with E-state index in [1.54, 1.807) is 18.3 Å². The van der Waals surface area contributed by atoms with E-state index in [1.807, 2.05) is 36.4 Å². The van der Waals surface area contributed by atoms with E-state index in [-0.39, 0.29) is 5.97 Å². The van der Waals surface area contributed by atoms with Crippen molar-refractivity contribution in [3.63, 3.8) is 0 Å². The number of esters is 1. The first-order valence-corrected chi connectivity index (χ1v) is 5.29. The van der Waals surface area contributed by atoms with Gasteiger partial charge in [-0.15, -0.1) is 0 Å². The fourth-order valence-corrected chi connectivity index (χ4v) is 1.79. The number of pyridine rings is 1. The molecular formula is C14H9NO2. The number of para-hydroxylation sites is 1. The van der Waals surface area contributed by atoms with E-state index in [0.29, 0.717) is 11.3 Å². The Morgan fingerprint density at radius 2 is 1.88 bits per heavy atom. The molecule has 2 heterocycles. The molecule has 17 heavy (non-hydrogen) atoms. The molecule has 1 aliphatic heterocycles. The average molecular weight is 223 g/mol. The number of carbonyl (C=O) groups is 1. The maximum Gasteiger partial charge on any atom is 0.344 e. The van der Waals surface area contributed by atoms with Gasteiger partial charge in [-0.25, -0.2) is 4.79 Å². The molecule has 0 unspecified atom stereocenters. The van der Waals surface area contributed by atoms with Crippen molar-refractivity contribution < 1.29 is 9.53 Å². The van der Waals surface area contributed by atoms with Gasteiger partial charge >= 0.3 is 5.97 Å². The van der Waals surface area contributed by atoms with Crippen molar-refractivity contribution >= 4 is 17.6 Å². The van der Waals surface area contributed by atoms with Crippen LogP contribution in [0.1, 0.15) is 11.3 Å². The van der Waals surface area contributed by atoms with Gasteiger partial charge in [0, 0.05) is 11.8 Å². The molecule has 0 saturated heterocycles. The molecule has 0 saturated carbocycles. The Kier molecular flexibility index (Phi) is 2.22.